The summed E-state index contributed by atoms with van der Waals surface area (Å²) in [4.78, 5) is 37.4. The number of carbonyl (C=O) groups excluding carboxylic acids is 2. The van der Waals surface area contributed by atoms with Gasteiger partial charge in [-0.1, -0.05) is 6.07 Å². The topological polar surface area (TPSA) is 144 Å². The van der Waals surface area contributed by atoms with Gasteiger partial charge in [0.25, 0.3) is 5.91 Å². The number of nitrogens with zero attached hydrogens (tertiary/aromatic N) is 5. The molecule has 5 rings (SSSR count). The maximum Gasteiger partial charge on any atom is 0.273 e. The first-order chi connectivity index (χ1) is 19.6. The fourth-order valence-electron chi connectivity index (χ4n) is 3.73. The molecule has 11 nitrogen and oxygen atoms in total. The Morgan fingerprint density at radius 1 is 1.05 bits per heavy atom. The van der Waals surface area contributed by atoms with E-state index in [0.717, 1.165) is 12.8 Å². The minimum Gasteiger partial charge on any atom is -0.494 e. The Morgan fingerprint density at radius 3 is 2.55 bits per heavy atom. The molecule has 1 aliphatic rings. The third-order valence-corrected chi connectivity index (χ3v) is 5.77. The average molecular weight is 518 g/mol. The molecule has 0 aliphatic heterocycles. The lowest BCUT2D eigenvalue weighted by molar-refractivity contribution is -0.117. The lowest BCUT2D eigenvalue weighted by atomic mass is 10.1. The molecule has 0 saturated heterocycles. The van der Waals surface area contributed by atoms with Crippen LogP contribution >= 0.6 is 0 Å². The standard InChI is InChI=1S/C26H23FN8O3/c1-28-26(37)21-19(11-20(34-35-21)33-25(36)14-8-9-14)32-18-7-3-5-17(22(18)38-2)24-30-12-15(13-31-24)16-6-4-10-29-23(16)27/h3-7,10-14H,8-9H2,1-2H3,(H,28,37)(H2,32,33,34,36)/i1D3. The highest BCUT2D eigenvalue weighted by Gasteiger charge is 2.30. The number of nitrogens with one attached hydrogen (secondary N) is 3. The van der Waals surface area contributed by atoms with Crippen molar-refractivity contribution in [1.29, 1.82) is 0 Å². The average Bonchev–Trinajstić information content (AvgIpc) is 3.79. The summed E-state index contributed by atoms with van der Waals surface area (Å²) in [5.74, 6) is -1.35. The summed E-state index contributed by atoms with van der Waals surface area (Å²) in [6.07, 6.45) is 5.81. The number of aromatic nitrogens is 5. The van der Waals surface area contributed by atoms with Crippen molar-refractivity contribution in [2.24, 2.45) is 5.92 Å². The van der Waals surface area contributed by atoms with E-state index in [1.54, 1.807) is 30.3 Å². The highest BCUT2D eigenvalue weighted by molar-refractivity contribution is 6.00. The minimum atomic E-state index is -2.77. The van der Waals surface area contributed by atoms with Crippen LogP contribution in [0.25, 0.3) is 22.5 Å². The Labute approximate surface area is 221 Å². The number of pyridine rings is 1. The summed E-state index contributed by atoms with van der Waals surface area (Å²) in [6.45, 7) is -2.77. The van der Waals surface area contributed by atoms with Crippen molar-refractivity contribution in [3.63, 3.8) is 0 Å². The molecule has 1 fully saturated rings. The second kappa shape index (κ2) is 10.5. The maximum absolute atomic E-state index is 14.1. The number of ether oxygens (including phenoxy) is 1. The van der Waals surface area contributed by atoms with Crippen molar-refractivity contribution in [3.8, 4) is 28.3 Å². The minimum absolute atomic E-state index is 0.0617. The first-order valence-electron chi connectivity index (χ1n) is 13.0. The van der Waals surface area contributed by atoms with Crippen molar-refractivity contribution < 1.29 is 22.8 Å². The summed E-state index contributed by atoms with van der Waals surface area (Å²) < 4.78 is 41.9. The second-order valence-electron chi connectivity index (χ2n) is 8.36. The van der Waals surface area contributed by atoms with Gasteiger partial charge in [-0.15, -0.1) is 10.2 Å². The molecular formula is C26H23FN8O3. The van der Waals surface area contributed by atoms with Gasteiger partial charge in [0.1, 0.15) is 0 Å². The van der Waals surface area contributed by atoms with Crippen LogP contribution in [0.5, 0.6) is 5.75 Å². The van der Waals surface area contributed by atoms with Gasteiger partial charge in [0.2, 0.25) is 11.9 Å². The van der Waals surface area contributed by atoms with Crippen molar-refractivity contribution in [2.75, 3.05) is 24.7 Å². The molecule has 0 unspecified atom stereocenters. The third kappa shape index (κ3) is 5.09. The summed E-state index contributed by atoms with van der Waals surface area (Å²) >= 11 is 0. The molecule has 3 aromatic heterocycles. The van der Waals surface area contributed by atoms with Crippen LogP contribution in [0.1, 0.15) is 27.4 Å². The molecule has 0 spiro atoms. The zero-order valence-corrected chi connectivity index (χ0v) is 20.0. The molecule has 2 amide bonds. The smallest absolute Gasteiger partial charge is 0.273 e. The molecule has 1 saturated carbocycles. The van der Waals surface area contributed by atoms with Gasteiger partial charge >= 0.3 is 0 Å². The predicted molar refractivity (Wildman–Crippen MR) is 137 cm³/mol. The third-order valence-electron chi connectivity index (χ3n) is 5.77. The van der Waals surface area contributed by atoms with E-state index in [4.69, 9.17) is 8.85 Å². The van der Waals surface area contributed by atoms with E-state index in [9.17, 15) is 14.0 Å². The molecule has 192 valence electrons. The number of anilines is 3. The molecule has 1 aromatic carbocycles. The van der Waals surface area contributed by atoms with Crippen LogP contribution in [-0.4, -0.2) is 51.0 Å². The first-order valence-corrected chi connectivity index (χ1v) is 11.5. The molecule has 3 heterocycles. The fourth-order valence-corrected chi connectivity index (χ4v) is 3.73. The van der Waals surface area contributed by atoms with E-state index >= 15 is 0 Å². The molecule has 0 bridgehead atoms. The van der Waals surface area contributed by atoms with Crippen molar-refractivity contribution in [2.45, 2.75) is 12.8 Å². The predicted octanol–water partition coefficient (Wildman–Crippen LogP) is 3.60. The molecular weight excluding hydrogens is 491 g/mol. The highest BCUT2D eigenvalue weighted by atomic mass is 19.1. The number of halogens is 1. The number of carbonyl (C=O) groups is 2. The van der Waals surface area contributed by atoms with Crippen molar-refractivity contribution in [3.05, 3.63) is 66.6 Å². The van der Waals surface area contributed by atoms with Crippen LogP contribution in [0.4, 0.5) is 21.6 Å². The number of hydrogen-bond donors (Lipinski definition) is 3. The van der Waals surface area contributed by atoms with E-state index in [1.165, 1.54) is 31.8 Å². The molecule has 0 atom stereocenters. The number of benzene rings is 1. The van der Waals surface area contributed by atoms with Gasteiger partial charge in [-0.25, -0.2) is 15.0 Å². The lowest BCUT2D eigenvalue weighted by Gasteiger charge is -2.16. The van der Waals surface area contributed by atoms with Gasteiger partial charge in [-0.05, 0) is 37.1 Å². The van der Waals surface area contributed by atoms with Crippen LogP contribution in [0, 0.1) is 11.9 Å². The number of methoxy groups -OCH3 is 1. The fraction of sp³-hybridized carbons (Fsp3) is 0.192. The maximum atomic E-state index is 14.1. The van der Waals surface area contributed by atoms with Gasteiger partial charge in [-0.2, -0.15) is 4.39 Å². The Kier molecular flexibility index (Phi) is 5.86. The number of para-hydroxylation sites is 1. The van der Waals surface area contributed by atoms with Gasteiger partial charge in [-0.3, -0.25) is 9.59 Å². The molecule has 38 heavy (non-hydrogen) atoms. The molecule has 0 radical (unpaired) electrons. The SMILES string of the molecule is [2H]C([2H])([2H])NC(=O)c1nnc(NC(=O)C2CC2)cc1Nc1cccc(-c2ncc(-c3cccnc3F)cn2)c1OC. The Hall–Kier alpha value is -5.00. The summed E-state index contributed by atoms with van der Waals surface area (Å²) in [7, 11) is 1.43. The quantitative estimate of drug-likeness (QED) is 0.299. The van der Waals surface area contributed by atoms with E-state index in [2.05, 4.69) is 35.8 Å². The number of rotatable bonds is 8. The van der Waals surface area contributed by atoms with Crippen LogP contribution < -0.4 is 20.7 Å². The van der Waals surface area contributed by atoms with Crippen molar-refractivity contribution >= 4 is 29.0 Å². The van der Waals surface area contributed by atoms with Crippen molar-refractivity contribution in [1.82, 2.24) is 30.5 Å². The highest BCUT2D eigenvalue weighted by Crippen LogP contribution is 2.37. The van der Waals surface area contributed by atoms with E-state index in [-0.39, 0.29) is 46.2 Å². The van der Waals surface area contributed by atoms with Crippen LogP contribution in [-0.2, 0) is 4.79 Å². The largest absolute Gasteiger partial charge is 0.494 e. The first kappa shape index (κ1) is 21.1. The lowest BCUT2D eigenvalue weighted by Crippen LogP contribution is -2.22. The zero-order valence-electron chi connectivity index (χ0n) is 23.0. The molecule has 4 aromatic rings. The molecule has 3 N–H and O–H groups in total. The monoisotopic (exact) mass is 517 g/mol. The second-order valence-corrected chi connectivity index (χ2v) is 8.36. The number of amides is 2. The molecule has 1 aliphatic carbocycles. The Bertz CT molecular complexity index is 1610. The van der Waals surface area contributed by atoms with Gasteiger partial charge in [0, 0.05) is 52.8 Å². The molecule has 12 heteroatoms. The van der Waals surface area contributed by atoms with E-state index in [0.29, 0.717) is 16.8 Å². The Morgan fingerprint density at radius 2 is 1.84 bits per heavy atom. The summed E-state index contributed by atoms with van der Waals surface area (Å²) in [5, 5.41) is 15.3. The van der Waals surface area contributed by atoms with Gasteiger partial charge in [0.15, 0.2) is 23.1 Å². The number of hydrogen-bond acceptors (Lipinski definition) is 9. The van der Waals surface area contributed by atoms with E-state index in [1.807, 2.05) is 5.32 Å². The van der Waals surface area contributed by atoms with Gasteiger partial charge in [0.05, 0.1) is 24.0 Å². The normalized spacial score (nSPS) is 14.0. The summed E-state index contributed by atoms with van der Waals surface area (Å²) in [6, 6.07) is 9.59. The van der Waals surface area contributed by atoms with Crippen LogP contribution in [0.15, 0.2) is 55.0 Å². The van der Waals surface area contributed by atoms with E-state index < -0.39 is 18.8 Å². The zero-order chi connectivity index (χ0) is 29.1. The summed E-state index contributed by atoms with van der Waals surface area (Å²) in [5.41, 5.74) is 1.24. The van der Waals surface area contributed by atoms with Gasteiger partial charge < -0.3 is 20.7 Å². The Balaban J connectivity index is 1.49. The van der Waals surface area contributed by atoms with Crippen LogP contribution in [0.2, 0.25) is 0 Å². The van der Waals surface area contributed by atoms with Crippen LogP contribution in [0.3, 0.4) is 0 Å².